The fourth-order valence-corrected chi connectivity index (χ4v) is 14.5. The maximum Gasteiger partial charge on any atom is 0.243 e. The Bertz CT molecular complexity index is 5230. The van der Waals surface area contributed by atoms with Gasteiger partial charge in [0.05, 0.1) is 73.3 Å². The molecular weight excluding hydrogens is 1620 g/mol. The molecular formula is C96H124BrN13O13. The molecule has 27 heteroatoms. The number of imidazole rings is 6. The molecule has 0 fully saturated rings. The molecule has 12 N–H and O–H groups in total. The number of carbonyl (C=O) groups is 6. The Balaban J connectivity index is 0.000000184. The van der Waals surface area contributed by atoms with Crippen LogP contribution in [0, 0.1) is 0 Å². The van der Waals surface area contributed by atoms with Gasteiger partial charge < -0.3 is 59.8 Å². The number of aromatic amines is 5. The largest absolute Gasteiger partial charge is 0.497 e. The Morgan fingerprint density at radius 2 is 0.659 bits per heavy atom. The molecule has 0 saturated carbocycles. The number of rotatable bonds is 48. The van der Waals surface area contributed by atoms with Crippen LogP contribution in [0.15, 0.2) is 162 Å². The van der Waals surface area contributed by atoms with E-state index in [2.05, 4.69) is 119 Å². The highest BCUT2D eigenvalue weighted by molar-refractivity contribution is 9.10. The summed E-state index contributed by atoms with van der Waals surface area (Å²) in [5.41, 5.74) is 16.5. The predicted molar refractivity (Wildman–Crippen MR) is 487 cm³/mol. The molecule has 0 atom stereocenters. The number of amides is 1. The van der Waals surface area contributed by atoms with Crippen LogP contribution >= 0.6 is 15.9 Å². The molecule has 0 saturated heterocycles. The van der Waals surface area contributed by atoms with Crippen molar-refractivity contribution in [2.45, 2.75) is 225 Å². The van der Waals surface area contributed by atoms with Crippen LogP contribution in [0.4, 0.5) is 0 Å². The van der Waals surface area contributed by atoms with Crippen LogP contribution in [0.5, 0.6) is 5.75 Å². The third-order valence-corrected chi connectivity index (χ3v) is 21.5. The zero-order chi connectivity index (χ0) is 87.6. The number of carbonyl (C=O) groups excluding carboxylic acids is 6. The Hall–Kier alpha value is -10.8. The van der Waals surface area contributed by atoms with Crippen LogP contribution < -0.4 is 10.2 Å². The van der Waals surface area contributed by atoms with Gasteiger partial charge in [-0.15, -0.1) is 0 Å². The lowest BCUT2D eigenvalue weighted by Gasteiger charge is -2.02. The van der Waals surface area contributed by atoms with Crippen LogP contribution in [0.3, 0.4) is 0 Å². The number of nitrogens with one attached hydrogen (secondary N) is 6. The molecule has 0 unspecified atom stereocenters. The summed E-state index contributed by atoms with van der Waals surface area (Å²) in [6.45, 7) is -1.63. The second kappa shape index (κ2) is 56.1. The molecule has 0 radical (unpaired) electrons. The fraction of sp³-hybridized carbons (Fsp3) is 0.438. The molecule has 26 nitrogen and oxygen atoms in total. The Kier molecular flexibility index (Phi) is 44.5. The number of methoxy groups -OCH3 is 1. The minimum Gasteiger partial charge on any atom is -0.497 e. The number of aromatic nitrogens is 12. The van der Waals surface area contributed by atoms with Crippen LogP contribution in [0.2, 0.25) is 0 Å². The standard InChI is InChI=1S/C21H24N2O2.C16H22N2O3.C16H22N2O2.C15H19BrN2O2.C15H20N2O2.C13H17N3O2/c24-15-18(25)10-6-1-2-7-11-21-22-19-13-12-17(14-20(19)23-21)16-8-4-3-5-9-16;1-21-13-8-9-14-15(10-13)18-16(17-14)7-5-3-2-4-6-12(20)11-19;1-18-15-10-7-6-9-14(15)17-16(18)11-5-3-2-4-8-13(20)12-19;16-11-7-8-13-14(9-11)18-15(17-13)6-4-2-1-3-5-12(20)10-19;18-11-12(19)7-3-1-2-4-10-15-16-13-8-5-6-9-14(13)17-15;17-13(16-18)9-3-1-2-8-12-14-10-6-4-5-7-11(10)15-12/h3-5,8-9,12-14,24H,1-2,6-7,10-11,15H2,(H,22,23);8-10,19H,2-7,11H2,1H3,(H,17,18);6-7,9-10,19H,2-5,8,11-12H2,1H3;7-9,19H,1-6,10H2,(H,17,18);5-6,8-9,18H,1-4,7,10-11H2,(H,16,17);4-7,18H,1-3,8-9H2,(H,14,15)(H,16,17). The molecule has 123 heavy (non-hydrogen) atoms. The fourth-order valence-electron chi connectivity index (χ4n) is 14.1. The topological polar surface area (TPSA) is 406 Å². The highest BCUT2D eigenvalue weighted by Gasteiger charge is 2.13. The molecule has 658 valence electrons. The van der Waals surface area contributed by atoms with Crippen LogP contribution in [0.25, 0.3) is 77.3 Å². The van der Waals surface area contributed by atoms with Gasteiger partial charge in [0, 0.05) is 94.6 Å². The van der Waals surface area contributed by atoms with Crippen LogP contribution in [-0.2, 0) is 74.3 Å². The first-order valence-corrected chi connectivity index (χ1v) is 44.3. The number of aliphatic hydroxyl groups excluding tert-OH is 5. The third-order valence-electron chi connectivity index (χ3n) is 21.0. The van der Waals surface area contributed by atoms with Crippen molar-refractivity contribution in [1.82, 2.24) is 64.9 Å². The van der Waals surface area contributed by atoms with Crippen molar-refractivity contribution in [3.05, 3.63) is 197 Å². The highest BCUT2D eigenvalue weighted by atomic mass is 79.9. The number of aryl methyl sites for hydroxylation is 7. The van der Waals surface area contributed by atoms with Gasteiger partial charge in [0.15, 0.2) is 28.9 Å². The van der Waals surface area contributed by atoms with Gasteiger partial charge in [0.25, 0.3) is 0 Å². The monoisotopic (exact) mass is 1750 g/mol. The summed E-state index contributed by atoms with van der Waals surface area (Å²) < 4.78 is 8.40. The van der Waals surface area contributed by atoms with E-state index >= 15 is 0 Å². The second-order valence-electron chi connectivity index (χ2n) is 30.8. The van der Waals surface area contributed by atoms with E-state index in [1.807, 2.05) is 121 Å². The van der Waals surface area contributed by atoms with Crippen molar-refractivity contribution in [2.24, 2.45) is 7.05 Å². The van der Waals surface area contributed by atoms with Gasteiger partial charge >= 0.3 is 0 Å². The van der Waals surface area contributed by atoms with E-state index in [9.17, 15) is 28.8 Å². The summed E-state index contributed by atoms with van der Waals surface area (Å²) in [6.07, 6.45) is 31.3. The van der Waals surface area contributed by atoms with Gasteiger partial charge in [-0.3, -0.25) is 34.0 Å². The molecule has 0 spiro atoms. The number of ether oxygens (including phenoxy) is 1. The number of para-hydroxylation sites is 6. The number of ketones is 5. The maximum atomic E-state index is 11.0. The van der Waals surface area contributed by atoms with Crippen molar-refractivity contribution in [2.75, 3.05) is 40.1 Å². The van der Waals surface area contributed by atoms with E-state index < -0.39 is 0 Å². The van der Waals surface area contributed by atoms with Crippen molar-refractivity contribution < 1.29 is 64.2 Å². The van der Waals surface area contributed by atoms with Crippen molar-refractivity contribution in [3.63, 3.8) is 0 Å². The van der Waals surface area contributed by atoms with Gasteiger partial charge in [0.1, 0.15) is 73.7 Å². The van der Waals surface area contributed by atoms with E-state index in [4.69, 9.17) is 35.5 Å². The summed E-state index contributed by atoms with van der Waals surface area (Å²) in [7, 11) is 3.71. The number of hydrogen-bond acceptors (Lipinski definition) is 19. The molecule has 0 aliphatic carbocycles. The third kappa shape index (κ3) is 35.9. The number of unbranched alkanes of at least 4 members (excludes halogenated alkanes) is 17. The normalized spacial score (nSPS) is 11.0. The minimum absolute atomic E-state index is 0.0552. The highest BCUT2D eigenvalue weighted by Crippen LogP contribution is 2.26. The molecule has 0 aliphatic heterocycles. The quantitative estimate of drug-likeness (QED) is 0.00957. The number of benzene rings is 7. The number of nitrogens with zero attached hydrogens (tertiary/aromatic N) is 7. The molecule has 13 aromatic rings. The lowest BCUT2D eigenvalue weighted by atomic mass is 10.1. The average Bonchev–Trinajstić information content (AvgIpc) is 1.70. The molecule has 7 aromatic carbocycles. The first-order chi connectivity index (χ1) is 60.0. The van der Waals surface area contributed by atoms with Gasteiger partial charge in [-0.05, 0) is 167 Å². The van der Waals surface area contributed by atoms with E-state index in [0.717, 1.165) is 292 Å². The zero-order valence-electron chi connectivity index (χ0n) is 71.3. The average molecular weight is 1750 g/mol. The number of halogens is 1. The van der Waals surface area contributed by atoms with Crippen molar-refractivity contribution >= 4 is 117 Å². The van der Waals surface area contributed by atoms with E-state index in [1.165, 1.54) is 16.6 Å². The number of aliphatic hydroxyl groups is 5. The molecule has 6 heterocycles. The van der Waals surface area contributed by atoms with Gasteiger partial charge in [-0.2, -0.15) is 0 Å². The molecule has 6 aromatic heterocycles. The lowest BCUT2D eigenvalue weighted by molar-refractivity contribution is -0.129. The van der Waals surface area contributed by atoms with E-state index in [1.54, 1.807) is 12.6 Å². The van der Waals surface area contributed by atoms with Gasteiger partial charge in [-0.25, -0.2) is 35.4 Å². The smallest absolute Gasteiger partial charge is 0.243 e. The summed E-state index contributed by atoms with van der Waals surface area (Å²) in [5, 5.41) is 51.5. The number of hydroxylamine groups is 1. The molecule has 1 amide bonds. The van der Waals surface area contributed by atoms with Gasteiger partial charge in [0.2, 0.25) is 5.91 Å². The van der Waals surface area contributed by atoms with E-state index in [0.29, 0.717) is 38.5 Å². The van der Waals surface area contributed by atoms with Crippen molar-refractivity contribution in [1.29, 1.82) is 0 Å². The zero-order valence-corrected chi connectivity index (χ0v) is 72.9. The lowest BCUT2D eigenvalue weighted by Crippen LogP contribution is -2.17. The summed E-state index contributed by atoms with van der Waals surface area (Å²) in [6, 6.07) is 52.7. The first kappa shape index (κ1) is 97.7. The Morgan fingerprint density at radius 3 is 1.06 bits per heavy atom. The molecule has 13 rings (SSSR count). The summed E-state index contributed by atoms with van der Waals surface area (Å²) in [4.78, 5) is 110. The predicted octanol–water partition coefficient (Wildman–Crippen LogP) is 17.7. The summed E-state index contributed by atoms with van der Waals surface area (Å²) >= 11 is 3.45. The Labute approximate surface area is 727 Å². The van der Waals surface area contributed by atoms with E-state index in [-0.39, 0.29) is 67.9 Å². The van der Waals surface area contributed by atoms with Crippen LogP contribution in [0.1, 0.15) is 221 Å². The summed E-state index contributed by atoms with van der Waals surface area (Å²) in [5.74, 6) is 6.37. The Morgan fingerprint density at radius 1 is 0.333 bits per heavy atom. The second-order valence-corrected chi connectivity index (χ2v) is 31.7. The minimum atomic E-state index is -0.331. The number of H-pyrrole nitrogens is 5. The number of hydrogen-bond donors (Lipinski definition) is 12. The number of Topliss-reactive ketones (excluding diaryl/α,β-unsaturated/α-hetero) is 5. The molecule has 0 bridgehead atoms. The SMILES string of the molecule is COc1ccc2nc(CCCCCCC(=O)CO)[nH]c2c1.Cn1c(CCCCCCC(=O)CO)nc2ccccc21.O=C(CCCCCc1nc2ccccc2[nH]1)NO.O=C(CO)CCCCCCc1nc2ccc(-c3ccccc3)cc2[nH]1.O=C(CO)CCCCCCc1nc2ccc(Br)cc2[nH]1.O=C(CO)CCCCCCc1nc2ccccc2[nH]1. The first-order valence-electron chi connectivity index (χ1n) is 43.5. The van der Waals surface area contributed by atoms with Gasteiger partial charge in [-0.1, -0.05) is 159 Å². The maximum absolute atomic E-state index is 11.0. The van der Waals surface area contributed by atoms with Crippen LogP contribution in [-0.4, -0.2) is 165 Å². The number of fused-ring (bicyclic) bond motifs is 6. The molecule has 0 aliphatic rings. The van der Waals surface area contributed by atoms with Crippen molar-refractivity contribution in [3.8, 4) is 16.9 Å².